The standard InChI is InChI=1S/C27H25N7O/c1-18-29-23-9-5-6-10-24(23)33(18)16-15-25-31-26-21-7-3-4-8-22(21)30-27(34(26)32-25)28-17-19-11-13-20(35-2)14-12-19/h3-14H,15-17H2,1-2H3,(H,28,30). The van der Waals surface area contributed by atoms with E-state index in [4.69, 9.17) is 19.8 Å². The topological polar surface area (TPSA) is 82.2 Å². The molecule has 0 bridgehead atoms. The van der Waals surface area contributed by atoms with E-state index in [1.54, 1.807) is 7.11 Å². The number of methoxy groups -OCH3 is 1. The third kappa shape index (κ3) is 3.93. The van der Waals surface area contributed by atoms with Gasteiger partial charge in [-0.3, -0.25) is 0 Å². The van der Waals surface area contributed by atoms with E-state index < -0.39 is 0 Å². The second-order valence-electron chi connectivity index (χ2n) is 8.47. The summed E-state index contributed by atoms with van der Waals surface area (Å²) >= 11 is 0. The number of anilines is 1. The van der Waals surface area contributed by atoms with Crippen molar-refractivity contribution in [3.63, 3.8) is 0 Å². The Balaban J connectivity index is 1.32. The van der Waals surface area contributed by atoms with Crippen molar-refractivity contribution in [1.29, 1.82) is 0 Å². The molecule has 0 fully saturated rings. The maximum absolute atomic E-state index is 5.26. The van der Waals surface area contributed by atoms with Crippen LogP contribution in [0.5, 0.6) is 5.75 Å². The van der Waals surface area contributed by atoms with Gasteiger partial charge in [-0.25, -0.2) is 15.0 Å². The summed E-state index contributed by atoms with van der Waals surface area (Å²) in [7, 11) is 1.67. The molecule has 0 aliphatic carbocycles. The monoisotopic (exact) mass is 463 g/mol. The maximum Gasteiger partial charge on any atom is 0.226 e. The lowest BCUT2D eigenvalue weighted by atomic mass is 10.2. The fraction of sp³-hybridized carbons (Fsp3) is 0.185. The Morgan fingerprint density at radius 2 is 1.63 bits per heavy atom. The first-order valence-corrected chi connectivity index (χ1v) is 11.6. The summed E-state index contributed by atoms with van der Waals surface area (Å²) in [5.41, 5.74) is 4.94. The first-order valence-electron chi connectivity index (χ1n) is 11.6. The zero-order valence-corrected chi connectivity index (χ0v) is 19.6. The third-order valence-corrected chi connectivity index (χ3v) is 6.24. The summed E-state index contributed by atoms with van der Waals surface area (Å²) in [6.45, 7) is 3.40. The number of nitrogens with zero attached hydrogens (tertiary/aromatic N) is 6. The van der Waals surface area contributed by atoms with Crippen LogP contribution in [0.2, 0.25) is 0 Å². The number of ether oxygens (including phenoxy) is 1. The van der Waals surface area contributed by atoms with Crippen LogP contribution in [-0.4, -0.2) is 36.2 Å². The SMILES string of the molecule is COc1ccc(CNc2nc3ccccc3c3nc(CCn4c(C)nc5ccccc54)nn23)cc1. The molecule has 0 radical (unpaired) electrons. The van der Waals surface area contributed by atoms with E-state index in [-0.39, 0.29) is 0 Å². The van der Waals surface area contributed by atoms with Gasteiger partial charge in [-0.1, -0.05) is 36.4 Å². The van der Waals surface area contributed by atoms with Crippen LogP contribution in [0.4, 0.5) is 5.95 Å². The fourth-order valence-corrected chi connectivity index (χ4v) is 4.43. The first-order chi connectivity index (χ1) is 17.2. The Kier molecular flexibility index (Phi) is 5.25. The van der Waals surface area contributed by atoms with Crippen LogP contribution < -0.4 is 10.1 Å². The van der Waals surface area contributed by atoms with Gasteiger partial charge in [0, 0.05) is 24.9 Å². The fourth-order valence-electron chi connectivity index (χ4n) is 4.43. The molecule has 0 amide bonds. The van der Waals surface area contributed by atoms with Crippen molar-refractivity contribution in [3.05, 3.63) is 90.0 Å². The van der Waals surface area contributed by atoms with E-state index in [2.05, 4.69) is 20.9 Å². The molecule has 6 aromatic rings. The van der Waals surface area contributed by atoms with Crippen LogP contribution in [0.25, 0.3) is 27.6 Å². The zero-order chi connectivity index (χ0) is 23.8. The summed E-state index contributed by atoms with van der Waals surface area (Å²) in [4.78, 5) is 14.4. The summed E-state index contributed by atoms with van der Waals surface area (Å²) in [6.07, 6.45) is 0.690. The average Bonchev–Trinajstić information content (AvgIpc) is 3.47. The number of hydrogen-bond acceptors (Lipinski definition) is 6. The van der Waals surface area contributed by atoms with Crippen LogP contribution in [0, 0.1) is 6.92 Å². The second kappa shape index (κ2) is 8.72. The molecular weight excluding hydrogens is 438 g/mol. The predicted octanol–water partition coefficient (Wildman–Crippen LogP) is 4.80. The summed E-state index contributed by atoms with van der Waals surface area (Å²) in [6, 6.07) is 24.2. The number of para-hydroxylation sites is 3. The van der Waals surface area contributed by atoms with Gasteiger partial charge in [-0.15, -0.1) is 5.10 Å². The van der Waals surface area contributed by atoms with Gasteiger partial charge < -0.3 is 14.6 Å². The summed E-state index contributed by atoms with van der Waals surface area (Å²) < 4.78 is 9.30. The summed E-state index contributed by atoms with van der Waals surface area (Å²) in [5, 5.41) is 9.26. The molecule has 3 aromatic carbocycles. The van der Waals surface area contributed by atoms with Crippen molar-refractivity contribution in [1.82, 2.24) is 29.1 Å². The molecule has 0 aliphatic rings. The molecule has 0 saturated carbocycles. The van der Waals surface area contributed by atoms with Gasteiger partial charge in [0.2, 0.25) is 5.95 Å². The van der Waals surface area contributed by atoms with E-state index in [9.17, 15) is 0 Å². The molecule has 0 saturated heterocycles. The van der Waals surface area contributed by atoms with Crippen molar-refractivity contribution in [3.8, 4) is 5.75 Å². The van der Waals surface area contributed by atoms with Gasteiger partial charge in [0.25, 0.3) is 0 Å². The second-order valence-corrected chi connectivity index (χ2v) is 8.47. The minimum atomic E-state index is 0.611. The molecule has 35 heavy (non-hydrogen) atoms. The zero-order valence-electron chi connectivity index (χ0n) is 19.6. The smallest absolute Gasteiger partial charge is 0.226 e. The van der Waals surface area contributed by atoms with Crippen LogP contribution in [0.3, 0.4) is 0 Å². The molecule has 1 N–H and O–H groups in total. The molecule has 0 aliphatic heterocycles. The third-order valence-electron chi connectivity index (χ3n) is 6.24. The number of benzene rings is 3. The Morgan fingerprint density at radius 3 is 2.46 bits per heavy atom. The van der Waals surface area contributed by atoms with E-state index in [1.807, 2.05) is 78.2 Å². The van der Waals surface area contributed by atoms with Gasteiger partial charge in [-0.05, 0) is 48.9 Å². The van der Waals surface area contributed by atoms with E-state index >= 15 is 0 Å². The molecule has 3 aromatic heterocycles. The number of fused-ring (bicyclic) bond motifs is 4. The molecule has 0 unspecified atom stereocenters. The molecule has 0 spiro atoms. The maximum atomic E-state index is 5.26. The molecule has 174 valence electrons. The Bertz CT molecular complexity index is 1650. The number of imidazole rings is 1. The minimum absolute atomic E-state index is 0.611. The van der Waals surface area contributed by atoms with Gasteiger partial charge in [0.15, 0.2) is 11.5 Å². The molecule has 8 heteroatoms. The van der Waals surface area contributed by atoms with E-state index in [0.29, 0.717) is 18.9 Å². The molecule has 0 atom stereocenters. The van der Waals surface area contributed by atoms with Crippen LogP contribution in [0.1, 0.15) is 17.2 Å². The number of aryl methyl sites for hydroxylation is 3. The average molecular weight is 464 g/mol. The van der Waals surface area contributed by atoms with Gasteiger partial charge in [0.05, 0.1) is 23.7 Å². The lowest BCUT2D eigenvalue weighted by Gasteiger charge is -2.09. The molecule has 8 nitrogen and oxygen atoms in total. The van der Waals surface area contributed by atoms with Gasteiger partial charge in [-0.2, -0.15) is 4.52 Å². The number of rotatable bonds is 7. The Hall–Kier alpha value is -4.46. The lowest BCUT2D eigenvalue weighted by molar-refractivity contribution is 0.414. The van der Waals surface area contributed by atoms with Crippen molar-refractivity contribution < 1.29 is 4.74 Å². The highest BCUT2D eigenvalue weighted by atomic mass is 16.5. The lowest BCUT2D eigenvalue weighted by Crippen LogP contribution is -2.08. The number of hydrogen-bond donors (Lipinski definition) is 1. The Labute approximate surface area is 202 Å². The van der Waals surface area contributed by atoms with Crippen molar-refractivity contribution in [2.24, 2.45) is 0 Å². The van der Waals surface area contributed by atoms with Crippen LogP contribution in [0.15, 0.2) is 72.8 Å². The Morgan fingerprint density at radius 1 is 0.857 bits per heavy atom. The van der Waals surface area contributed by atoms with Crippen molar-refractivity contribution in [2.45, 2.75) is 26.4 Å². The minimum Gasteiger partial charge on any atom is -0.497 e. The van der Waals surface area contributed by atoms with Gasteiger partial charge in [0.1, 0.15) is 11.6 Å². The highest BCUT2D eigenvalue weighted by Crippen LogP contribution is 2.22. The molecular formula is C27H25N7O. The van der Waals surface area contributed by atoms with Crippen LogP contribution >= 0.6 is 0 Å². The largest absolute Gasteiger partial charge is 0.497 e. The highest BCUT2D eigenvalue weighted by molar-refractivity contribution is 5.92. The highest BCUT2D eigenvalue weighted by Gasteiger charge is 2.14. The van der Waals surface area contributed by atoms with Crippen molar-refractivity contribution >= 4 is 33.5 Å². The number of aromatic nitrogens is 6. The first kappa shape index (κ1) is 21.1. The van der Waals surface area contributed by atoms with Gasteiger partial charge >= 0.3 is 0 Å². The molecule has 6 rings (SSSR count). The van der Waals surface area contributed by atoms with E-state index in [1.165, 1.54) is 0 Å². The molecule has 3 heterocycles. The predicted molar refractivity (Wildman–Crippen MR) is 137 cm³/mol. The normalized spacial score (nSPS) is 11.5. The van der Waals surface area contributed by atoms with Crippen LogP contribution in [-0.2, 0) is 19.5 Å². The quantitative estimate of drug-likeness (QED) is 0.366. The van der Waals surface area contributed by atoms with Crippen molar-refractivity contribution in [2.75, 3.05) is 12.4 Å². The number of nitrogens with one attached hydrogen (secondary N) is 1. The summed E-state index contributed by atoms with van der Waals surface area (Å²) in [5.74, 6) is 3.26. The van der Waals surface area contributed by atoms with E-state index in [0.717, 1.165) is 57.1 Å².